The van der Waals surface area contributed by atoms with E-state index in [9.17, 15) is 9.59 Å². The Morgan fingerprint density at radius 1 is 0.689 bits per heavy atom. The van der Waals surface area contributed by atoms with Gasteiger partial charge in [0.1, 0.15) is 17.4 Å². The van der Waals surface area contributed by atoms with Gasteiger partial charge in [-0.2, -0.15) is 0 Å². The van der Waals surface area contributed by atoms with Crippen LogP contribution in [0, 0.1) is 0 Å². The maximum Gasteiger partial charge on any atom is 0.330 e. The fourth-order valence-electron chi connectivity index (χ4n) is 4.68. The quantitative estimate of drug-likeness (QED) is 0.105. The normalized spacial score (nSPS) is 11.0. The Morgan fingerprint density at radius 3 is 1.62 bits per heavy atom. The summed E-state index contributed by atoms with van der Waals surface area (Å²) in [6, 6.07) is 18.3. The number of methoxy groups -OCH3 is 5. The van der Waals surface area contributed by atoms with Crippen LogP contribution < -0.4 is 23.7 Å². The highest BCUT2D eigenvalue weighted by atomic mass is 16.5. The molecule has 0 radical (unpaired) electrons. The molecule has 0 saturated carbocycles. The van der Waals surface area contributed by atoms with Crippen LogP contribution in [0.1, 0.15) is 35.4 Å². The van der Waals surface area contributed by atoms with Gasteiger partial charge in [-0.25, -0.2) is 4.79 Å². The minimum Gasteiger partial charge on any atom is -0.497 e. The van der Waals surface area contributed by atoms with Gasteiger partial charge >= 0.3 is 11.9 Å². The van der Waals surface area contributed by atoms with Gasteiger partial charge in [0.15, 0.2) is 11.5 Å². The second-order valence-electron chi connectivity index (χ2n) is 10.1. The van der Waals surface area contributed by atoms with Crippen LogP contribution in [0.25, 0.3) is 6.08 Å². The second-order valence-corrected chi connectivity index (χ2v) is 10.1. The van der Waals surface area contributed by atoms with Crippen molar-refractivity contribution in [3.05, 3.63) is 83.4 Å². The molecule has 242 valence electrons. The summed E-state index contributed by atoms with van der Waals surface area (Å²) < 4.78 is 37.6. The zero-order valence-corrected chi connectivity index (χ0v) is 26.9. The zero-order chi connectivity index (χ0) is 32.6. The van der Waals surface area contributed by atoms with E-state index in [-0.39, 0.29) is 19.2 Å². The third-order valence-corrected chi connectivity index (χ3v) is 7.09. The molecule has 0 fully saturated rings. The molecule has 0 aliphatic heterocycles. The zero-order valence-electron chi connectivity index (χ0n) is 26.9. The molecule has 0 spiro atoms. The second kappa shape index (κ2) is 18.2. The molecule has 0 heterocycles. The molecule has 0 N–H and O–H groups in total. The maximum absolute atomic E-state index is 13.2. The van der Waals surface area contributed by atoms with Crippen molar-refractivity contribution in [1.29, 1.82) is 0 Å². The van der Waals surface area contributed by atoms with E-state index in [4.69, 9.17) is 33.2 Å². The molecule has 0 aliphatic rings. The van der Waals surface area contributed by atoms with Crippen molar-refractivity contribution in [3.8, 4) is 28.7 Å². The van der Waals surface area contributed by atoms with Crippen molar-refractivity contribution in [2.24, 2.45) is 0 Å². The van der Waals surface area contributed by atoms with Gasteiger partial charge in [0.25, 0.3) is 0 Å². The van der Waals surface area contributed by atoms with Crippen molar-refractivity contribution < 1.29 is 42.7 Å². The SMILES string of the molecule is COc1ccc(C(C(=O)OCCCN(C)CCCOC(=O)/C=C/c2cc(OC)c(OC)c(OC)c2)c2ccc(OC)cc2)cc1. The number of hydrogen-bond acceptors (Lipinski definition) is 10. The Kier molecular flexibility index (Phi) is 14.1. The van der Waals surface area contributed by atoms with E-state index >= 15 is 0 Å². The highest BCUT2D eigenvalue weighted by molar-refractivity contribution is 5.87. The summed E-state index contributed by atoms with van der Waals surface area (Å²) in [5.74, 6) is 1.57. The maximum atomic E-state index is 13.2. The van der Waals surface area contributed by atoms with Gasteiger partial charge in [0.05, 0.1) is 48.8 Å². The summed E-state index contributed by atoms with van der Waals surface area (Å²) in [5, 5.41) is 0. The Morgan fingerprint density at radius 2 is 1.18 bits per heavy atom. The standard InChI is InChI=1S/C35H43NO9/c1-36(19-7-21-44-32(37)18-9-25-23-30(41-4)34(43-6)31(24-25)42-5)20-8-22-45-35(38)33(26-10-14-28(39-2)15-11-26)27-12-16-29(40-3)17-13-27/h9-18,23-24,33H,7-8,19-22H2,1-6H3/b18-9+. The van der Waals surface area contributed by atoms with Crippen LogP contribution in [0.4, 0.5) is 0 Å². The third kappa shape index (κ3) is 10.5. The Hall–Kier alpha value is -4.70. The molecule has 45 heavy (non-hydrogen) atoms. The van der Waals surface area contributed by atoms with Crippen LogP contribution in [0.2, 0.25) is 0 Å². The number of benzene rings is 3. The number of hydrogen-bond donors (Lipinski definition) is 0. The monoisotopic (exact) mass is 621 g/mol. The lowest BCUT2D eigenvalue weighted by Crippen LogP contribution is -2.24. The lowest BCUT2D eigenvalue weighted by Gasteiger charge is -2.19. The number of nitrogens with zero attached hydrogens (tertiary/aromatic N) is 1. The molecular formula is C35H43NO9. The Balaban J connectivity index is 1.42. The minimum absolute atomic E-state index is 0.281. The molecule has 0 aromatic heterocycles. The smallest absolute Gasteiger partial charge is 0.330 e. The van der Waals surface area contributed by atoms with Crippen molar-refractivity contribution in [1.82, 2.24) is 4.90 Å². The molecule has 0 saturated heterocycles. The molecule has 3 rings (SSSR count). The van der Waals surface area contributed by atoms with Gasteiger partial charge in [-0.3, -0.25) is 4.79 Å². The fraction of sp³-hybridized carbons (Fsp3) is 0.371. The van der Waals surface area contributed by atoms with Crippen molar-refractivity contribution in [2.75, 3.05) is 68.9 Å². The third-order valence-electron chi connectivity index (χ3n) is 7.09. The lowest BCUT2D eigenvalue weighted by molar-refractivity contribution is -0.144. The molecule has 3 aromatic carbocycles. The molecular weight excluding hydrogens is 578 g/mol. The first-order valence-electron chi connectivity index (χ1n) is 14.6. The number of esters is 2. The highest BCUT2D eigenvalue weighted by Crippen LogP contribution is 2.38. The van der Waals surface area contributed by atoms with E-state index < -0.39 is 11.9 Å². The van der Waals surface area contributed by atoms with Gasteiger partial charge in [0, 0.05) is 19.2 Å². The number of ether oxygens (including phenoxy) is 7. The van der Waals surface area contributed by atoms with Gasteiger partial charge in [0.2, 0.25) is 5.75 Å². The first-order valence-corrected chi connectivity index (χ1v) is 14.6. The predicted octanol–water partition coefficient (Wildman–Crippen LogP) is 5.37. The van der Waals surface area contributed by atoms with E-state index in [1.54, 1.807) is 32.4 Å². The molecule has 0 atom stereocenters. The van der Waals surface area contributed by atoms with Crippen LogP contribution in [0.5, 0.6) is 28.7 Å². The van der Waals surface area contributed by atoms with E-state index in [0.717, 1.165) is 24.2 Å². The summed E-state index contributed by atoms with van der Waals surface area (Å²) in [6.07, 6.45) is 4.33. The summed E-state index contributed by atoms with van der Waals surface area (Å²) in [7, 11) is 9.78. The van der Waals surface area contributed by atoms with Gasteiger partial charge in [-0.05, 0) is 79.1 Å². The minimum atomic E-state index is -0.572. The van der Waals surface area contributed by atoms with E-state index in [2.05, 4.69) is 4.90 Å². The molecule has 0 amide bonds. The predicted molar refractivity (Wildman–Crippen MR) is 172 cm³/mol. The fourth-order valence-corrected chi connectivity index (χ4v) is 4.68. The number of carbonyl (C=O) groups is 2. The van der Waals surface area contributed by atoms with Crippen LogP contribution in [0.3, 0.4) is 0 Å². The number of carbonyl (C=O) groups excluding carboxylic acids is 2. The molecule has 10 heteroatoms. The molecule has 0 bridgehead atoms. The van der Waals surface area contributed by atoms with Crippen LogP contribution in [0.15, 0.2) is 66.7 Å². The molecule has 10 nitrogen and oxygen atoms in total. The van der Waals surface area contributed by atoms with Crippen LogP contribution in [-0.2, 0) is 19.1 Å². The Labute approximate surface area is 265 Å². The Bertz CT molecular complexity index is 1310. The lowest BCUT2D eigenvalue weighted by atomic mass is 9.91. The average molecular weight is 622 g/mol. The highest BCUT2D eigenvalue weighted by Gasteiger charge is 2.24. The van der Waals surface area contributed by atoms with E-state index in [1.165, 1.54) is 27.4 Å². The number of rotatable bonds is 18. The molecule has 3 aromatic rings. The van der Waals surface area contributed by atoms with Crippen molar-refractivity contribution >= 4 is 18.0 Å². The van der Waals surface area contributed by atoms with E-state index in [1.807, 2.05) is 55.6 Å². The summed E-state index contributed by atoms with van der Waals surface area (Å²) >= 11 is 0. The largest absolute Gasteiger partial charge is 0.497 e. The summed E-state index contributed by atoms with van der Waals surface area (Å²) in [4.78, 5) is 27.6. The topological polar surface area (TPSA) is 102 Å². The summed E-state index contributed by atoms with van der Waals surface area (Å²) in [6.45, 7) is 2.01. The van der Waals surface area contributed by atoms with Crippen molar-refractivity contribution in [3.63, 3.8) is 0 Å². The van der Waals surface area contributed by atoms with Crippen molar-refractivity contribution in [2.45, 2.75) is 18.8 Å². The average Bonchev–Trinajstić information content (AvgIpc) is 3.07. The van der Waals surface area contributed by atoms with Gasteiger partial charge in [-0.15, -0.1) is 0 Å². The van der Waals surface area contributed by atoms with Gasteiger partial charge < -0.3 is 38.1 Å². The first kappa shape index (κ1) is 34.8. The molecule has 0 unspecified atom stereocenters. The molecule has 0 aliphatic carbocycles. The van der Waals surface area contributed by atoms with E-state index in [0.29, 0.717) is 47.2 Å². The van der Waals surface area contributed by atoms with Crippen LogP contribution in [-0.4, -0.2) is 85.7 Å². The van der Waals surface area contributed by atoms with Crippen LogP contribution >= 0.6 is 0 Å². The van der Waals surface area contributed by atoms with Gasteiger partial charge in [-0.1, -0.05) is 24.3 Å². The summed E-state index contributed by atoms with van der Waals surface area (Å²) in [5.41, 5.74) is 2.34. The first-order chi connectivity index (χ1) is 21.8.